The van der Waals surface area contributed by atoms with Crippen molar-refractivity contribution in [2.24, 2.45) is 0 Å². The van der Waals surface area contributed by atoms with Crippen LogP contribution in [-0.4, -0.2) is 44.0 Å². The number of carbonyl (C=O) groups is 1. The molecular weight excluding hydrogens is 228 g/mol. The minimum Gasteiger partial charge on any atom is -0.353 e. The van der Waals surface area contributed by atoms with E-state index in [0.29, 0.717) is 13.1 Å². The van der Waals surface area contributed by atoms with E-state index in [0.717, 1.165) is 12.8 Å². The van der Waals surface area contributed by atoms with Gasteiger partial charge in [0.1, 0.15) is 0 Å². The van der Waals surface area contributed by atoms with Crippen LogP contribution in [0.4, 0.5) is 0 Å². The molecule has 0 bridgehead atoms. The first-order chi connectivity index (χ1) is 7.56. The third kappa shape index (κ3) is 3.94. The maximum Gasteiger partial charge on any atom is 0.221 e. The molecule has 1 aliphatic rings. The quantitative estimate of drug-likeness (QED) is 0.700. The second-order valence-corrected chi connectivity index (χ2v) is 5.85. The molecule has 92 valence electrons. The Bertz CT molecular complexity index is 351. The smallest absolute Gasteiger partial charge is 0.221 e. The maximum absolute atomic E-state index is 11.6. The molecule has 1 heterocycles. The first-order valence-electron chi connectivity index (χ1n) is 5.41. The highest BCUT2D eigenvalue weighted by Crippen LogP contribution is 2.13. The van der Waals surface area contributed by atoms with Crippen molar-refractivity contribution in [1.29, 1.82) is 0 Å². The summed E-state index contributed by atoms with van der Waals surface area (Å²) in [5.74, 6) is 0.0713. The number of rotatable bonds is 5. The highest BCUT2D eigenvalue weighted by molar-refractivity contribution is 7.89. The van der Waals surface area contributed by atoms with Gasteiger partial charge in [-0.25, -0.2) is 12.7 Å². The Hall–Kier alpha value is -0.880. The molecule has 0 radical (unpaired) electrons. The van der Waals surface area contributed by atoms with Crippen LogP contribution in [-0.2, 0) is 14.8 Å². The second kappa shape index (κ2) is 6.00. The lowest BCUT2D eigenvalue weighted by atomic mass is 10.3. The molecule has 0 aromatic rings. The summed E-state index contributed by atoms with van der Waals surface area (Å²) in [4.78, 5) is 11.3. The molecule has 0 saturated carbocycles. The molecule has 0 atom stereocenters. The van der Waals surface area contributed by atoms with Crippen LogP contribution in [0, 0.1) is 0 Å². The lowest BCUT2D eigenvalue weighted by Gasteiger charge is -2.25. The van der Waals surface area contributed by atoms with Crippen LogP contribution in [0.1, 0.15) is 19.3 Å². The molecule has 1 N–H and O–H groups in total. The topological polar surface area (TPSA) is 66.5 Å². The Morgan fingerprint density at radius 2 is 2.19 bits per heavy atom. The van der Waals surface area contributed by atoms with E-state index in [1.807, 2.05) is 0 Å². The lowest BCUT2D eigenvalue weighted by Crippen LogP contribution is -2.40. The zero-order chi connectivity index (χ0) is 12.0. The molecule has 0 spiro atoms. The number of carbonyl (C=O) groups excluding carboxylic acids is 1. The number of hydrogen-bond donors (Lipinski definition) is 1. The van der Waals surface area contributed by atoms with Crippen LogP contribution in [0.5, 0.6) is 0 Å². The number of nitrogens with one attached hydrogen (secondary N) is 1. The van der Waals surface area contributed by atoms with Crippen molar-refractivity contribution in [3.63, 3.8) is 0 Å². The number of sulfonamides is 1. The molecule has 1 aliphatic heterocycles. The van der Waals surface area contributed by atoms with E-state index in [2.05, 4.69) is 11.9 Å². The first kappa shape index (κ1) is 13.2. The van der Waals surface area contributed by atoms with E-state index in [9.17, 15) is 13.2 Å². The molecule has 6 heteroatoms. The summed E-state index contributed by atoms with van der Waals surface area (Å²) in [5.41, 5.74) is 0. The minimum absolute atomic E-state index is 0.138. The van der Waals surface area contributed by atoms with Crippen molar-refractivity contribution < 1.29 is 13.2 Å². The lowest BCUT2D eigenvalue weighted by molar-refractivity contribution is -0.121. The van der Waals surface area contributed by atoms with E-state index in [1.165, 1.54) is 4.31 Å². The van der Waals surface area contributed by atoms with E-state index < -0.39 is 10.0 Å². The number of nitrogens with zero attached hydrogens (tertiary/aromatic N) is 1. The maximum atomic E-state index is 11.6. The summed E-state index contributed by atoms with van der Waals surface area (Å²) in [7, 11) is -3.11. The summed E-state index contributed by atoms with van der Waals surface area (Å²) in [6.07, 6.45) is 3.41. The Balaban J connectivity index is 2.36. The van der Waals surface area contributed by atoms with Gasteiger partial charge in [-0.2, -0.15) is 0 Å². The SMILES string of the molecule is C=CCNC(=O)CCN1CCCCS1(=O)=O. The molecule has 0 aromatic heterocycles. The van der Waals surface area contributed by atoms with Crippen LogP contribution in [0.15, 0.2) is 12.7 Å². The van der Waals surface area contributed by atoms with Gasteiger partial charge in [-0.3, -0.25) is 4.79 Å². The largest absolute Gasteiger partial charge is 0.353 e. The predicted octanol–water partition coefficient (Wildman–Crippen LogP) is 0.104. The van der Waals surface area contributed by atoms with Crippen LogP contribution < -0.4 is 5.32 Å². The van der Waals surface area contributed by atoms with E-state index in [1.54, 1.807) is 6.08 Å². The fraction of sp³-hybridized carbons (Fsp3) is 0.700. The Labute approximate surface area is 96.6 Å². The second-order valence-electron chi connectivity index (χ2n) is 3.76. The van der Waals surface area contributed by atoms with Gasteiger partial charge in [0.15, 0.2) is 0 Å². The zero-order valence-electron chi connectivity index (χ0n) is 9.31. The zero-order valence-corrected chi connectivity index (χ0v) is 10.1. The third-order valence-electron chi connectivity index (χ3n) is 2.49. The molecule has 16 heavy (non-hydrogen) atoms. The highest BCUT2D eigenvalue weighted by atomic mass is 32.2. The van der Waals surface area contributed by atoms with Gasteiger partial charge < -0.3 is 5.32 Å². The summed E-state index contributed by atoms with van der Waals surface area (Å²) < 4.78 is 24.6. The molecule has 1 fully saturated rings. The predicted molar refractivity (Wildman–Crippen MR) is 62.4 cm³/mol. The van der Waals surface area contributed by atoms with E-state index in [-0.39, 0.29) is 24.6 Å². The van der Waals surface area contributed by atoms with Crippen molar-refractivity contribution >= 4 is 15.9 Å². The van der Waals surface area contributed by atoms with Crippen LogP contribution in [0.25, 0.3) is 0 Å². The fourth-order valence-corrected chi connectivity index (χ4v) is 3.20. The van der Waals surface area contributed by atoms with Crippen molar-refractivity contribution in [2.75, 3.05) is 25.4 Å². The van der Waals surface area contributed by atoms with Gasteiger partial charge in [0.2, 0.25) is 15.9 Å². The van der Waals surface area contributed by atoms with Gasteiger partial charge >= 0.3 is 0 Å². The standard InChI is InChI=1S/C10H18N2O3S/c1-2-6-11-10(13)5-8-12-7-3-4-9-16(12,14)15/h2H,1,3-9H2,(H,11,13). The summed E-state index contributed by atoms with van der Waals surface area (Å²) >= 11 is 0. The van der Waals surface area contributed by atoms with Crippen molar-refractivity contribution in [3.8, 4) is 0 Å². The molecule has 0 unspecified atom stereocenters. The summed E-state index contributed by atoms with van der Waals surface area (Å²) in [5, 5.41) is 2.62. The van der Waals surface area contributed by atoms with Gasteiger partial charge in [0.25, 0.3) is 0 Å². The van der Waals surface area contributed by atoms with Crippen LogP contribution in [0.3, 0.4) is 0 Å². The van der Waals surface area contributed by atoms with Crippen molar-refractivity contribution in [3.05, 3.63) is 12.7 Å². The summed E-state index contributed by atoms with van der Waals surface area (Å²) in [6.45, 7) is 4.73. The van der Waals surface area contributed by atoms with Gasteiger partial charge in [-0.05, 0) is 12.8 Å². The molecular formula is C10H18N2O3S. The molecule has 1 saturated heterocycles. The molecule has 1 rings (SSSR count). The Morgan fingerprint density at radius 3 is 2.81 bits per heavy atom. The van der Waals surface area contributed by atoms with E-state index in [4.69, 9.17) is 0 Å². The van der Waals surface area contributed by atoms with E-state index >= 15 is 0 Å². The van der Waals surface area contributed by atoms with Crippen molar-refractivity contribution in [2.45, 2.75) is 19.3 Å². The van der Waals surface area contributed by atoms with Crippen molar-refractivity contribution in [1.82, 2.24) is 9.62 Å². The van der Waals surface area contributed by atoms with Gasteiger partial charge in [-0.1, -0.05) is 6.08 Å². The monoisotopic (exact) mass is 246 g/mol. The fourth-order valence-electron chi connectivity index (χ4n) is 1.59. The average molecular weight is 246 g/mol. The van der Waals surface area contributed by atoms with Gasteiger partial charge in [-0.15, -0.1) is 6.58 Å². The Morgan fingerprint density at radius 1 is 1.44 bits per heavy atom. The van der Waals surface area contributed by atoms with Gasteiger partial charge in [0.05, 0.1) is 5.75 Å². The molecule has 5 nitrogen and oxygen atoms in total. The highest BCUT2D eigenvalue weighted by Gasteiger charge is 2.25. The number of hydrogen-bond acceptors (Lipinski definition) is 3. The third-order valence-corrected chi connectivity index (χ3v) is 4.44. The van der Waals surface area contributed by atoms with Crippen LogP contribution in [0.2, 0.25) is 0 Å². The normalized spacial score (nSPS) is 20.2. The number of amides is 1. The van der Waals surface area contributed by atoms with Crippen LogP contribution >= 0.6 is 0 Å². The molecule has 0 aliphatic carbocycles. The molecule has 0 aromatic carbocycles. The first-order valence-corrected chi connectivity index (χ1v) is 7.02. The summed E-state index contributed by atoms with van der Waals surface area (Å²) in [6, 6.07) is 0. The van der Waals surface area contributed by atoms with Gasteiger partial charge in [0, 0.05) is 26.1 Å². The molecule has 1 amide bonds. The Kier molecular flexibility index (Phi) is 4.95. The minimum atomic E-state index is -3.11. The average Bonchev–Trinajstić information content (AvgIpc) is 2.24.